The van der Waals surface area contributed by atoms with Crippen molar-refractivity contribution in [1.29, 1.82) is 0 Å². The molecule has 10 heteroatoms. The van der Waals surface area contributed by atoms with Gasteiger partial charge in [0.2, 0.25) is 0 Å². The maximum Gasteiger partial charge on any atom is 0.416 e. The van der Waals surface area contributed by atoms with Gasteiger partial charge in [0.1, 0.15) is 0 Å². The van der Waals surface area contributed by atoms with E-state index in [1.165, 1.54) is 0 Å². The Labute approximate surface area is 163 Å². The first-order valence-corrected chi connectivity index (χ1v) is 8.57. The Morgan fingerprint density at radius 3 is 2.75 bits per heavy atom. The van der Waals surface area contributed by atoms with E-state index >= 15 is 0 Å². The largest absolute Gasteiger partial charge is 0.479 e. The van der Waals surface area contributed by atoms with Crippen molar-refractivity contribution in [2.24, 2.45) is 0 Å². The van der Waals surface area contributed by atoms with E-state index < -0.39 is 23.7 Å². The highest BCUT2D eigenvalue weighted by molar-refractivity contribution is 6.30. The number of anilines is 2. The van der Waals surface area contributed by atoms with E-state index in [-0.39, 0.29) is 30.3 Å². The van der Waals surface area contributed by atoms with Crippen LogP contribution in [0.15, 0.2) is 36.4 Å². The normalized spacial score (nSPS) is 13.2. The first-order valence-electron chi connectivity index (χ1n) is 8.19. The molecule has 28 heavy (non-hydrogen) atoms. The lowest BCUT2D eigenvalue weighted by atomic mass is 10.1. The smallest absolute Gasteiger partial charge is 0.416 e. The van der Waals surface area contributed by atoms with Gasteiger partial charge >= 0.3 is 12.2 Å². The molecular weight excluding hydrogens is 399 g/mol. The molecule has 0 fully saturated rings. The maximum absolute atomic E-state index is 13.1. The Morgan fingerprint density at radius 2 is 2.04 bits per heavy atom. The summed E-state index contributed by atoms with van der Waals surface area (Å²) in [4.78, 5) is 23.5. The first kappa shape index (κ1) is 19.8. The number of hydrogen-bond acceptors (Lipinski definition) is 3. The molecule has 0 aliphatic carbocycles. The molecule has 0 radical (unpaired) electrons. The summed E-state index contributed by atoms with van der Waals surface area (Å²) in [6.07, 6.45) is -4.17. The molecule has 1 aliphatic rings. The van der Waals surface area contributed by atoms with E-state index in [4.69, 9.17) is 16.3 Å². The Morgan fingerprint density at radius 1 is 1.25 bits per heavy atom. The number of nitrogens with one attached hydrogen (secondary N) is 3. The number of hydrogen-bond donors (Lipinski definition) is 3. The predicted molar refractivity (Wildman–Crippen MR) is 97.7 cm³/mol. The third-order valence-electron chi connectivity index (χ3n) is 3.87. The number of alkyl halides is 3. The van der Waals surface area contributed by atoms with E-state index in [1.807, 2.05) is 6.07 Å². The van der Waals surface area contributed by atoms with Crippen molar-refractivity contribution in [1.82, 2.24) is 5.32 Å². The highest BCUT2D eigenvalue weighted by Crippen LogP contribution is 2.41. The minimum atomic E-state index is -4.66. The zero-order valence-corrected chi connectivity index (χ0v) is 15.1. The van der Waals surface area contributed by atoms with Gasteiger partial charge in [0, 0.05) is 11.6 Å². The van der Waals surface area contributed by atoms with Gasteiger partial charge in [0.25, 0.3) is 5.91 Å². The molecule has 3 amide bonds. The summed E-state index contributed by atoms with van der Waals surface area (Å²) in [6, 6.07) is 7.90. The second-order valence-corrected chi connectivity index (χ2v) is 6.43. The number of carbonyl (C=O) groups excluding carboxylic acids is 2. The zero-order valence-electron chi connectivity index (χ0n) is 14.3. The number of halogens is 4. The number of ether oxygens (including phenoxy) is 1. The molecule has 2 aromatic carbocycles. The topological polar surface area (TPSA) is 79.5 Å². The van der Waals surface area contributed by atoms with Crippen LogP contribution in [-0.4, -0.2) is 25.1 Å². The minimum absolute atomic E-state index is 0.0300. The summed E-state index contributed by atoms with van der Waals surface area (Å²) in [7, 11) is 0. The minimum Gasteiger partial charge on any atom is -0.479 e. The van der Waals surface area contributed by atoms with E-state index in [2.05, 4.69) is 16.0 Å². The number of benzene rings is 2. The van der Waals surface area contributed by atoms with Crippen LogP contribution >= 0.6 is 11.6 Å². The molecule has 0 bridgehead atoms. The van der Waals surface area contributed by atoms with Crippen LogP contribution in [0.3, 0.4) is 0 Å². The SMILES string of the molecule is O=C1COc2c(cc(C(F)(F)F)cc2NC(=O)NCCc2cccc(Cl)c2)N1. The van der Waals surface area contributed by atoms with Crippen molar-refractivity contribution < 1.29 is 27.5 Å². The van der Waals surface area contributed by atoms with E-state index in [9.17, 15) is 22.8 Å². The number of fused-ring (bicyclic) bond motifs is 1. The van der Waals surface area contributed by atoms with Gasteiger partial charge in [-0.25, -0.2) is 4.79 Å². The third-order valence-corrected chi connectivity index (χ3v) is 4.11. The van der Waals surface area contributed by atoms with Gasteiger partial charge in [-0.05, 0) is 36.2 Å². The van der Waals surface area contributed by atoms with Crippen LogP contribution in [-0.2, 0) is 17.4 Å². The lowest BCUT2D eigenvalue weighted by Crippen LogP contribution is -2.32. The molecule has 0 unspecified atom stereocenters. The molecule has 6 nitrogen and oxygen atoms in total. The van der Waals surface area contributed by atoms with Crippen LogP contribution < -0.4 is 20.7 Å². The Kier molecular flexibility index (Phi) is 5.64. The summed E-state index contributed by atoms with van der Waals surface area (Å²) < 4.78 is 44.5. The molecule has 3 rings (SSSR count). The maximum atomic E-state index is 13.1. The number of urea groups is 1. The Bertz CT molecular complexity index is 919. The van der Waals surface area contributed by atoms with Gasteiger partial charge in [0.15, 0.2) is 12.4 Å². The lowest BCUT2D eigenvalue weighted by Gasteiger charge is -2.23. The molecule has 148 valence electrons. The van der Waals surface area contributed by atoms with Crippen molar-refractivity contribution >= 4 is 34.9 Å². The zero-order chi connectivity index (χ0) is 20.3. The monoisotopic (exact) mass is 413 g/mol. The van der Waals surface area contributed by atoms with Crippen LogP contribution in [0.2, 0.25) is 5.02 Å². The van der Waals surface area contributed by atoms with E-state index in [0.29, 0.717) is 11.4 Å². The fourth-order valence-corrected chi connectivity index (χ4v) is 2.85. The van der Waals surface area contributed by atoms with Gasteiger partial charge in [-0.1, -0.05) is 23.7 Å². The number of carbonyl (C=O) groups is 2. The molecule has 0 atom stereocenters. The van der Waals surface area contributed by atoms with Gasteiger partial charge < -0.3 is 20.7 Å². The standard InChI is InChI=1S/C18H15ClF3N3O3/c19-12-3-1-2-10(6-12)4-5-23-17(27)25-14-8-11(18(20,21)22)7-13-16(14)28-9-15(26)24-13/h1-3,6-8H,4-5,9H2,(H,24,26)(H2,23,25,27). The van der Waals surface area contributed by atoms with Crippen LogP contribution in [0.5, 0.6) is 5.75 Å². The average Bonchev–Trinajstić information content (AvgIpc) is 2.60. The summed E-state index contributed by atoms with van der Waals surface area (Å²) >= 11 is 5.89. The second-order valence-electron chi connectivity index (χ2n) is 6.00. The Hall–Kier alpha value is -2.94. The quantitative estimate of drug-likeness (QED) is 0.707. The fraction of sp³-hybridized carbons (Fsp3) is 0.222. The molecule has 1 aliphatic heterocycles. The Balaban J connectivity index is 1.71. The molecule has 3 N–H and O–H groups in total. The van der Waals surface area contributed by atoms with Crippen molar-refractivity contribution in [2.75, 3.05) is 23.8 Å². The van der Waals surface area contributed by atoms with Gasteiger partial charge in [-0.2, -0.15) is 13.2 Å². The molecule has 1 heterocycles. The average molecular weight is 414 g/mol. The van der Waals surface area contributed by atoms with Gasteiger partial charge in [0.05, 0.1) is 16.9 Å². The van der Waals surface area contributed by atoms with Crippen LogP contribution in [0.25, 0.3) is 0 Å². The summed E-state index contributed by atoms with van der Waals surface area (Å²) in [6.45, 7) is -0.117. The number of amides is 3. The lowest BCUT2D eigenvalue weighted by molar-refractivity contribution is -0.137. The predicted octanol–water partition coefficient (Wildman–Crippen LogP) is 4.05. The van der Waals surface area contributed by atoms with Crippen LogP contribution in [0.4, 0.5) is 29.3 Å². The van der Waals surface area contributed by atoms with E-state index in [0.717, 1.165) is 17.7 Å². The molecule has 0 saturated carbocycles. The molecule has 0 spiro atoms. The first-order chi connectivity index (χ1) is 13.2. The summed E-state index contributed by atoms with van der Waals surface area (Å²) in [5.41, 5.74) is -0.466. The molecule has 0 saturated heterocycles. The number of rotatable bonds is 4. The highest BCUT2D eigenvalue weighted by Gasteiger charge is 2.34. The third kappa shape index (κ3) is 4.86. The summed E-state index contributed by atoms with van der Waals surface area (Å²) in [5.74, 6) is -0.610. The van der Waals surface area contributed by atoms with Crippen molar-refractivity contribution in [2.45, 2.75) is 12.6 Å². The molecule has 0 aromatic heterocycles. The van der Waals surface area contributed by atoms with Crippen LogP contribution in [0, 0.1) is 0 Å². The molecular formula is C18H15ClF3N3O3. The van der Waals surface area contributed by atoms with E-state index in [1.54, 1.807) is 18.2 Å². The van der Waals surface area contributed by atoms with Crippen LogP contribution in [0.1, 0.15) is 11.1 Å². The van der Waals surface area contributed by atoms with Crippen molar-refractivity contribution in [3.05, 3.63) is 52.5 Å². The highest BCUT2D eigenvalue weighted by atomic mass is 35.5. The fourth-order valence-electron chi connectivity index (χ4n) is 2.64. The summed E-state index contributed by atoms with van der Waals surface area (Å²) in [5, 5.41) is 7.77. The van der Waals surface area contributed by atoms with Gasteiger partial charge in [-0.3, -0.25) is 4.79 Å². The molecule has 2 aromatic rings. The van der Waals surface area contributed by atoms with Crippen molar-refractivity contribution in [3.63, 3.8) is 0 Å². The van der Waals surface area contributed by atoms with Crippen molar-refractivity contribution in [3.8, 4) is 5.75 Å². The van der Waals surface area contributed by atoms with Gasteiger partial charge in [-0.15, -0.1) is 0 Å². The second kappa shape index (κ2) is 7.97.